The third-order valence-corrected chi connectivity index (χ3v) is 5.55. The summed E-state index contributed by atoms with van der Waals surface area (Å²) in [5.41, 5.74) is 2.00. The first-order chi connectivity index (χ1) is 11.5. The van der Waals surface area contributed by atoms with E-state index >= 15 is 0 Å². The van der Waals surface area contributed by atoms with Gasteiger partial charge in [0, 0.05) is 18.0 Å². The molecule has 1 amide bonds. The van der Waals surface area contributed by atoms with Crippen molar-refractivity contribution >= 4 is 34.6 Å². The normalized spacial score (nSPS) is 14.8. The number of carbonyl (C=O) groups excluding carboxylic acids is 1. The van der Waals surface area contributed by atoms with E-state index in [-0.39, 0.29) is 11.7 Å². The number of thiophene rings is 1. The molecule has 2 aromatic rings. The summed E-state index contributed by atoms with van der Waals surface area (Å²) in [5.74, 6) is -3.05. The molecule has 2 heterocycles. The van der Waals surface area contributed by atoms with Gasteiger partial charge in [0.1, 0.15) is 10.7 Å². The van der Waals surface area contributed by atoms with E-state index in [1.165, 1.54) is 23.5 Å². The van der Waals surface area contributed by atoms with Crippen LogP contribution >= 0.6 is 23.1 Å². The summed E-state index contributed by atoms with van der Waals surface area (Å²) >= 11 is 1.59. The lowest BCUT2D eigenvalue weighted by atomic mass is 9.99. The van der Waals surface area contributed by atoms with Gasteiger partial charge >= 0.3 is 0 Å². The number of thioether (sulfide) groups is 1. The van der Waals surface area contributed by atoms with Crippen LogP contribution in [0.25, 0.3) is 5.57 Å². The standard InChI is InChI=1S/C17H14F3NOS2/c18-13-3-1-11(2-4-13)12-5-8-21(9-6-12)16(22)15-14(7-10-23-15)24-17(19)20/h1-5,7,10,17H,6,8-9H2. The molecule has 7 heteroatoms. The zero-order valence-corrected chi connectivity index (χ0v) is 14.2. The molecular formula is C17H14F3NOS2. The Bertz CT molecular complexity index is 755. The van der Waals surface area contributed by atoms with Gasteiger partial charge in [0.25, 0.3) is 11.7 Å². The topological polar surface area (TPSA) is 20.3 Å². The van der Waals surface area contributed by atoms with Crippen LogP contribution in [0.15, 0.2) is 46.7 Å². The van der Waals surface area contributed by atoms with Gasteiger partial charge in [-0.25, -0.2) is 4.39 Å². The minimum Gasteiger partial charge on any atom is -0.334 e. The van der Waals surface area contributed by atoms with Gasteiger partial charge in [0.05, 0.1) is 0 Å². The highest BCUT2D eigenvalue weighted by Crippen LogP contribution is 2.33. The lowest BCUT2D eigenvalue weighted by Gasteiger charge is -2.26. The van der Waals surface area contributed by atoms with Gasteiger partial charge in [-0.3, -0.25) is 4.79 Å². The van der Waals surface area contributed by atoms with Crippen molar-refractivity contribution in [2.24, 2.45) is 0 Å². The van der Waals surface area contributed by atoms with E-state index in [9.17, 15) is 18.0 Å². The smallest absolute Gasteiger partial charge is 0.288 e. The fourth-order valence-corrected chi connectivity index (χ4v) is 4.23. The Balaban J connectivity index is 1.71. The van der Waals surface area contributed by atoms with Gasteiger partial charge < -0.3 is 4.90 Å². The van der Waals surface area contributed by atoms with Crippen LogP contribution in [0.4, 0.5) is 13.2 Å². The number of benzene rings is 1. The molecule has 0 bridgehead atoms. The molecule has 0 spiro atoms. The third kappa shape index (κ3) is 3.84. The Labute approximate surface area is 146 Å². The molecule has 0 N–H and O–H groups in total. The Morgan fingerprint density at radius 2 is 1.96 bits per heavy atom. The molecular weight excluding hydrogens is 355 g/mol. The highest BCUT2D eigenvalue weighted by atomic mass is 32.2. The molecule has 2 nitrogen and oxygen atoms in total. The molecule has 24 heavy (non-hydrogen) atoms. The lowest BCUT2D eigenvalue weighted by Crippen LogP contribution is -2.34. The van der Waals surface area contributed by atoms with Crippen LogP contribution in [0.5, 0.6) is 0 Å². The monoisotopic (exact) mass is 369 g/mol. The maximum Gasteiger partial charge on any atom is 0.288 e. The van der Waals surface area contributed by atoms with Gasteiger partial charge in [0.2, 0.25) is 0 Å². The molecule has 3 rings (SSSR count). The number of alkyl halides is 2. The van der Waals surface area contributed by atoms with E-state index < -0.39 is 5.76 Å². The van der Waals surface area contributed by atoms with Crippen molar-refractivity contribution in [1.29, 1.82) is 0 Å². The molecule has 0 unspecified atom stereocenters. The third-order valence-electron chi connectivity index (χ3n) is 3.75. The molecule has 0 fully saturated rings. The molecule has 126 valence electrons. The Morgan fingerprint density at radius 3 is 2.58 bits per heavy atom. The molecule has 1 aromatic heterocycles. The summed E-state index contributed by atoms with van der Waals surface area (Å²) in [6.07, 6.45) is 2.59. The number of carbonyl (C=O) groups is 1. The Kier molecular flexibility index (Phi) is 5.30. The number of hydrogen-bond acceptors (Lipinski definition) is 3. The minimum atomic E-state index is -2.54. The summed E-state index contributed by atoms with van der Waals surface area (Å²) in [6.45, 7) is 0.932. The first kappa shape index (κ1) is 17.1. The average Bonchev–Trinajstić information content (AvgIpc) is 3.02. The van der Waals surface area contributed by atoms with Crippen LogP contribution in [0.2, 0.25) is 0 Å². The molecule has 1 aromatic carbocycles. The van der Waals surface area contributed by atoms with Crippen molar-refractivity contribution in [1.82, 2.24) is 4.90 Å². The predicted octanol–water partition coefficient (Wildman–Crippen LogP) is 5.13. The van der Waals surface area contributed by atoms with Crippen molar-refractivity contribution in [3.8, 4) is 0 Å². The molecule has 0 saturated carbocycles. The summed E-state index contributed by atoms with van der Waals surface area (Å²) in [4.78, 5) is 14.9. The highest BCUT2D eigenvalue weighted by Gasteiger charge is 2.24. The summed E-state index contributed by atoms with van der Waals surface area (Å²) in [5, 5.41) is 1.65. The fourth-order valence-electron chi connectivity index (χ4n) is 2.57. The van der Waals surface area contributed by atoms with Crippen LogP contribution in [0.3, 0.4) is 0 Å². The SMILES string of the molecule is O=C(c1sccc1SC(F)F)N1CC=C(c2ccc(F)cc2)CC1. The van der Waals surface area contributed by atoms with E-state index in [0.29, 0.717) is 41.0 Å². The number of amides is 1. The Morgan fingerprint density at radius 1 is 1.21 bits per heavy atom. The first-order valence-corrected chi connectivity index (χ1v) is 9.07. The van der Waals surface area contributed by atoms with Crippen LogP contribution < -0.4 is 0 Å². The van der Waals surface area contributed by atoms with E-state index in [1.807, 2.05) is 6.08 Å². The summed E-state index contributed by atoms with van der Waals surface area (Å²) in [6, 6.07) is 7.81. The number of nitrogens with zero attached hydrogens (tertiary/aromatic N) is 1. The molecule has 0 saturated heterocycles. The maximum absolute atomic E-state index is 13.0. The number of rotatable bonds is 4. The zero-order chi connectivity index (χ0) is 17.1. The van der Waals surface area contributed by atoms with E-state index in [0.717, 1.165) is 11.1 Å². The second kappa shape index (κ2) is 7.44. The van der Waals surface area contributed by atoms with Crippen molar-refractivity contribution in [2.45, 2.75) is 17.1 Å². The largest absolute Gasteiger partial charge is 0.334 e. The molecule has 1 aliphatic rings. The van der Waals surface area contributed by atoms with Gasteiger partial charge in [-0.05, 0) is 41.1 Å². The molecule has 1 aliphatic heterocycles. The van der Waals surface area contributed by atoms with E-state index in [2.05, 4.69) is 0 Å². The van der Waals surface area contributed by atoms with E-state index in [1.54, 1.807) is 28.5 Å². The molecule has 0 aliphatic carbocycles. The summed E-state index contributed by atoms with van der Waals surface area (Å²) in [7, 11) is 0. The van der Waals surface area contributed by atoms with Crippen molar-refractivity contribution < 1.29 is 18.0 Å². The number of hydrogen-bond donors (Lipinski definition) is 0. The van der Waals surface area contributed by atoms with E-state index in [4.69, 9.17) is 0 Å². The van der Waals surface area contributed by atoms with Gasteiger partial charge in [-0.15, -0.1) is 11.3 Å². The van der Waals surface area contributed by atoms with Crippen LogP contribution in [-0.2, 0) is 0 Å². The summed E-state index contributed by atoms with van der Waals surface area (Å²) < 4.78 is 38.1. The van der Waals surface area contributed by atoms with Crippen molar-refractivity contribution in [2.75, 3.05) is 13.1 Å². The van der Waals surface area contributed by atoms with Gasteiger partial charge in [-0.2, -0.15) is 8.78 Å². The highest BCUT2D eigenvalue weighted by molar-refractivity contribution is 7.99. The van der Waals surface area contributed by atoms with Crippen LogP contribution in [0, 0.1) is 5.82 Å². The molecule has 0 radical (unpaired) electrons. The fraction of sp³-hybridized carbons (Fsp3) is 0.235. The van der Waals surface area contributed by atoms with Gasteiger partial charge in [0.15, 0.2) is 0 Å². The average molecular weight is 369 g/mol. The maximum atomic E-state index is 13.0. The van der Waals surface area contributed by atoms with Crippen molar-refractivity contribution in [3.05, 3.63) is 58.0 Å². The van der Waals surface area contributed by atoms with Gasteiger partial charge in [-0.1, -0.05) is 30.0 Å². The Hall–Kier alpha value is -1.73. The molecule has 0 atom stereocenters. The first-order valence-electron chi connectivity index (χ1n) is 7.31. The van der Waals surface area contributed by atoms with Crippen molar-refractivity contribution in [3.63, 3.8) is 0 Å². The second-order valence-electron chi connectivity index (χ2n) is 5.23. The zero-order valence-electron chi connectivity index (χ0n) is 12.5. The lowest BCUT2D eigenvalue weighted by molar-refractivity contribution is 0.0774. The number of halogens is 3. The quantitative estimate of drug-likeness (QED) is 0.696. The van der Waals surface area contributed by atoms with Crippen LogP contribution in [-0.4, -0.2) is 29.7 Å². The second-order valence-corrected chi connectivity index (χ2v) is 7.18. The predicted molar refractivity (Wildman–Crippen MR) is 91.1 cm³/mol. The van der Waals surface area contributed by atoms with Crippen LogP contribution in [0.1, 0.15) is 21.7 Å². The minimum absolute atomic E-state index is 0.220.